The minimum Gasteiger partial charge on any atom is -0.480 e. The highest BCUT2D eigenvalue weighted by atomic mass is 79.9. The quantitative estimate of drug-likeness (QED) is 0.870. The molecule has 6 nitrogen and oxygen atoms in total. The van der Waals surface area contributed by atoms with Crippen molar-refractivity contribution in [3.8, 4) is 17.6 Å². The van der Waals surface area contributed by atoms with E-state index in [0.29, 0.717) is 16.1 Å². The monoisotopic (exact) mass is 312 g/mol. The van der Waals surface area contributed by atoms with Gasteiger partial charge in [-0.1, -0.05) is 0 Å². The lowest BCUT2D eigenvalue weighted by Crippen LogP contribution is -1.97. The van der Waals surface area contributed by atoms with Crippen molar-refractivity contribution in [2.75, 3.05) is 7.11 Å². The van der Waals surface area contributed by atoms with E-state index in [2.05, 4.69) is 31.0 Å². The first-order chi connectivity index (χ1) is 8.52. The van der Waals surface area contributed by atoms with Gasteiger partial charge in [0.25, 0.3) is 0 Å². The molecule has 2 aromatic rings. The molecule has 0 aliphatic rings. The molecule has 0 fully saturated rings. The second-order valence-electron chi connectivity index (χ2n) is 3.74. The van der Waals surface area contributed by atoms with Gasteiger partial charge in [-0.2, -0.15) is 10.1 Å². The Morgan fingerprint density at radius 1 is 1.33 bits per heavy atom. The summed E-state index contributed by atoms with van der Waals surface area (Å²) < 4.78 is 13.2. The second kappa shape index (κ2) is 4.93. The van der Waals surface area contributed by atoms with E-state index in [0.717, 1.165) is 11.4 Å². The number of halogens is 1. The number of ether oxygens (including phenoxy) is 2. The summed E-state index contributed by atoms with van der Waals surface area (Å²) in [6.45, 7) is 3.80. The van der Waals surface area contributed by atoms with Gasteiger partial charge >= 0.3 is 6.01 Å². The van der Waals surface area contributed by atoms with Crippen LogP contribution in [0.1, 0.15) is 11.4 Å². The molecule has 2 heterocycles. The SMILES string of the molecule is COc1nc(Oc2c(C)nn(C)c2C)ncc1Br. The fraction of sp³-hybridized carbons (Fsp3) is 0.364. The molecule has 0 saturated carbocycles. The second-order valence-corrected chi connectivity index (χ2v) is 4.59. The van der Waals surface area contributed by atoms with Crippen molar-refractivity contribution >= 4 is 15.9 Å². The zero-order valence-corrected chi connectivity index (χ0v) is 12.1. The van der Waals surface area contributed by atoms with E-state index in [1.165, 1.54) is 7.11 Å². The average molecular weight is 313 g/mol. The van der Waals surface area contributed by atoms with Crippen LogP contribution in [0.15, 0.2) is 10.7 Å². The Morgan fingerprint density at radius 3 is 2.61 bits per heavy atom. The average Bonchev–Trinajstić information content (AvgIpc) is 2.58. The van der Waals surface area contributed by atoms with Crippen LogP contribution in [0.3, 0.4) is 0 Å². The highest BCUT2D eigenvalue weighted by molar-refractivity contribution is 9.10. The van der Waals surface area contributed by atoms with Crippen LogP contribution in [-0.2, 0) is 7.05 Å². The molecule has 0 spiro atoms. The third kappa shape index (κ3) is 2.31. The predicted molar refractivity (Wildman–Crippen MR) is 69.0 cm³/mol. The number of aromatic nitrogens is 4. The molecule has 96 valence electrons. The van der Waals surface area contributed by atoms with E-state index in [-0.39, 0.29) is 6.01 Å². The Morgan fingerprint density at radius 2 is 2.06 bits per heavy atom. The highest BCUT2D eigenvalue weighted by Gasteiger charge is 2.14. The largest absolute Gasteiger partial charge is 0.480 e. The predicted octanol–water partition coefficient (Wildman–Crippen LogP) is 2.39. The highest BCUT2D eigenvalue weighted by Crippen LogP contribution is 2.28. The van der Waals surface area contributed by atoms with E-state index in [4.69, 9.17) is 9.47 Å². The van der Waals surface area contributed by atoms with E-state index < -0.39 is 0 Å². The molecule has 18 heavy (non-hydrogen) atoms. The molecule has 0 aliphatic carbocycles. The summed E-state index contributed by atoms with van der Waals surface area (Å²) in [7, 11) is 3.40. The maximum Gasteiger partial charge on any atom is 0.325 e. The zero-order valence-electron chi connectivity index (χ0n) is 10.6. The van der Waals surface area contributed by atoms with Gasteiger partial charge in [-0.05, 0) is 29.8 Å². The Hall–Kier alpha value is -1.63. The maximum absolute atomic E-state index is 5.65. The lowest BCUT2D eigenvalue weighted by Gasteiger charge is -2.06. The van der Waals surface area contributed by atoms with Crippen molar-refractivity contribution in [2.45, 2.75) is 13.8 Å². The summed E-state index contributed by atoms with van der Waals surface area (Å²) in [6.07, 6.45) is 1.59. The summed E-state index contributed by atoms with van der Waals surface area (Å²) >= 11 is 3.29. The first-order valence-corrected chi connectivity index (χ1v) is 6.06. The van der Waals surface area contributed by atoms with Crippen LogP contribution in [0, 0.1) is 13.8 Å². The Kier molecular flexibility index (Phi) is 3.51. The summed E-state index contributed by atoms with van der Waals surface area (Å²) in [5, 5.41) is 4.26. The first-order valence-electron chi connectivity index (χ1n) is 5.27. The van der Waals surface area contributed by atoms with E-state index in [1.807, 2.05) is 20.9 Å². The number of nitrogens with zero attached hydrogens (tertiary/aromatic N) is 4. The van der Waals surface area contributed by atoms with E-state index in [9.17, 15) is 0 Å². The van der Waals surface area contributed by atoms with Crippen LogP contribution in [-0.4, -0.2) is 26.9 Å². The third-order valence-electron chi connectivity index (χ3n) is 2.52. The molecule has 0 atom stereocenters. The molecule has 0 amide bonds. The zero-order chi connectivity index (χ0) is 13.3. The van der Waals surface area contributed by atoms with Gasteiger partial charge in [-0.3, -0.25) is 4.68 Å². The van der Waals surface area contributed by atoms with Gasteiger partial charge in [0.2, 0.25) is 5.88 Å². The smallest absolute Gasteiger partial charge is 0.325 e. The van der Waals surface area contributed by atoms with Gasteiger partial charge < -0.3 is 9.47 Å². The molecule has 0 saturated heterocycles. The van der Waals surface area contributed by atoms with Crippen molar-refractivity contribution in [1.82, 2.24) is 19.7 Å². The van der Waals surface area contributed by atoms with E-state index >= 15 is 0 Å². The standard InChI is InChI=1S/C11H13BrN4O2/c1-6-9(7(2)16(3)15-6)18-11-13-5-8(12)10(14-11)17-4/h5H,1-4H3. The van der Waals surface area contributed by atoms with Crippen molar-refractivity contribution in [3.05, 3.63) is 22.1 Å². The number of rotatable bonds is 3. The lowest BCUT2D eigenvalue weighted by atomic mass is 10.3. The van der Waals surface area contributed by atoms with Gasteiger partial charge in [-0.15, -0.1) is 0 Å². The molecule has 0 radical (unpaired) electrons. The van der Waals surface area contributed by atoms with Crippen LogP contribution in [0.4, 0.5) is 0 Å². The molecule has 2 rings (SSSR count). The molecule has 2 aromatic heterocycles. The van der Waals surface area contributed by atoms with Gasteiger partial charge in [0.15, 0.2) is 5.75 Å². The molecular formula is C11H13BrN4O2. The molecule has 0 aromatic carbocycles. The maximum atomic E-state index is 5.65. The number of aryl methyl sites for hydroxylation is 2. The van der Waals surface area contributed by atoms with Crippen LogP contribution >= 0.6 is 15.9 Å². The number of methoxy groups -OCH3 is 1. The van der Waals surface area contributed by atoms with Crippen LogP contribution in [0.5, 0.6) is 17.6 Å². The fourth-order valence-electron chi connectivity index (χ4n) is 1.52. The third-order valence-corrected chi connectivity index (χ3v) is 3.06. The summed E-state index contributed by atoms with van der Waals surface area (Å²) in [6, 6.07) is 0.231. The Bertz CT molecular complexity index is 583. The first kappa shape index (κ1) is 12.8. The normalized spacial score (nSPS) is 10.5. The number of hydrogen-bond donors (Lipinski definition) is 0. The minimum absolute atomic E-state index is 0.231. The lowest BCUT2D eigenvalue weighted by molar-refractivity contribution is 0.372. The van der Waals surface area contributed by atoms with Gasteiger partial charge in [-0.25, -0.2) is 4.98 Å². The summed E-state index contributed by atoms with van der Waals surface area (Å²) in [4.78, 5) is 8.21. The number of hydrogen-bond acceptors (Lipinski definition) is 5. The van der Waals surface area contributed by atoms with Gasteiger partial charge in [0.05, 0.1) is 23.5 Å². The van der Waals surface area contributed by atoms with Crippen LogP contribution in [0.25, 0.3) is 0 Å². The molecule has 0 aliphatic heterocycles. The molecule has 0 bridgehead atoms. The molecule has 7 heteroatoms. The molecule has 0 N–H and O–H groups in total. The van der Waals surface area contributed by atoms with Crippen molar-refractivity contribution in [3.63, 3.8) is 0 Å². The molecule has 0 unspecified atom stereocenters. The fourth-order valence-corrected chi connectivity index (χ4v) is 1.87. The van der Waals surface area contributed by atoms with Crippen molar-refractivity contribution in [1.29, 1.82) is 0 Å². The van der Waals surface area contributed by atoms with Crippen LogP contribution in [0.2, 0.25) is 0 Å². The molecular weight excluding hydrogens is 300 g/mol. The van der Waals surface area contributed by atoms with Crippen molar-refractivity contribution in [2.24, 2.45) is 7.05 Å². The van der Waals surface area contributed by atoms with Crippen LogP contribution < -0.4 is 9.47 Å². The van der Waals surface area contributed by atoms with Crippen molar-refractivity contribution < 1.29 is 9.47 Å². The van der Waals surface area contributed by atoms with Gasteiger partial charge in [0.1, 0.15) is 5.69 Å². The van der Waals surface area contributed by atoms with E-state index in [1.54, 1.807) is 10.9 Å². The van der Waals surface area contributed by atoms with Gasteiger partial charge in [0, 0.05) is 7.05 Å². The summed E-state index contributed by atoms with van der Waals surface area (Å²) in [5.74, 6) is 1.10. The topological polar surface area (TPSA) is 62.1 Å². The summed E-state index contributed by atoms with van der Waals surface area (Å²) in [5.41, 5.74) is 1.71. The minimum atomic E-state index is 0.231. The Balaban J connectivity index is 2.34. The Labute approximate surface area is 113 Å².